The molecule has 0 fully saturated rings. The average Bonchev–Trinajstić information content (AvgIpc) is 3.18. The van der Waals surface area contributed by atoms with Crippen molar-refractivity contribution < 1.29 is 47.0 Å². The van der Waals surface area contributed by atoms with Crippen LogP contribution in [0.25, 0.3) is 0 Å². The molecule has 0 spiro atoms. The van der Waals surface area contributed by atoms with Crippen LogP contribution < -0.4 is 25.6 Å². The number of amides is 4. The Morgan fingerprint density at radius 3 is 2.05 bits per heavy atom. The van der Waals surface area contributed by atoms with Crippen molar-refractivity contribution in [3.8, 4) is 0 Å². The lowest BCUT2D eigenvalue weighted by Gasteiger charge is -2.28. The zero-order chi connectivity index (χ0) is 42.8. The van der Waals surface area contributed by atoms with Gasteiger partial charge in [0.05, 0.1) is 23.5 Å². The van der Waals surface area contributed by atoms with Gasteiger partial charge in [-0.2, -0.15) is 0 Å². The Balaban J connectivity index is 1.54. The zero-order valence-corrected chi connectivity index (χ0v) is 33.6. The molecule has 4 aromatic carbocycles. The van der Waals surface area contributed by atoms with Gasteiger partial charge < -0.3 is 31.5 Å². The van der Waals surface area contributed by atoms with Gasteiger partial charge in [0.2, 0.25) is 21.8 Å². The van der Waals surface area contributed by atoms with Crippen molar-refractivity contribution in [2.24, 2.45) is 5.92 Å². The normalized spacial score (nSPS) is 13.4. The molecule has 14 nitrogen and oxygen atoms in total. The Morgan fingerprint density at radius 1 is 0.828 bits per heavy atom. The van der Waals surface area contributed by atoms with Crippen LogP contribution in [0.4, 0.5) is 15.8 Å². The molecule has 0 aliphatic carbocycles. The smallest absolute Gasteiger partial charge is 0.335 e. The van der Waals surface area contributed by atoms with Crippen LogP contribution in [0.2, 0.25) is 0 Å². The standard InChI is InChI=1S/C42H48FN5O9S/c1-26(2)37(39(51)44-25-29-11-13-31(14-12-29)40(52)53)47-36(49)19-20-42(55,24-28-9-7-6-8-10-28)41(54)46-34-21-32(22-35(23-34)48(4)58(5,56)57)38(50)45-27(3)30-15-17-33(43)18-16-30/h6-18,21-23,26-27,37,55H,19-20,24-25H2,1-5H3,(H,44,51)(H,45,50)(H,46,54)(H,47,49)(H,52,53)/t27-,37+,42?/m1/s1. The number of benzene rings is 4. The fourth-order valence-electron chi connectivity index (χ4n) is 5.93. The maximum atomic E-state index is 14.1. The van der Waals surface area contributed by atoms with Crippen molar-refractivity contribution in [3.05, 3.63) is 131 Å². The molecule has 3 atom stereocenters. The largest absolute Gasteiger partial charge is 0.478 e. The van der Waals surface area contributed by atoms with E-state index < -0.39 is 69.5 Å². The van der Waals surface area contributed by atoms with Gasteiger partial charge >= 0.3 is 5.97 Å². The number of carboxylic acid groups (broad SMARTS) is 1. The number of hydrogen-bond acceptors (Lipinski definition) is 8. The summed E-state index contributed by atoms with van der Waals surface area (Å²) < 4.78 is 39.5. The molecule has 0 saturated heterocycles. The van der Waals surface area contributed by atoms with Crippen molar-refractivity contribution in [2.45, 2.75) is 64.3 Å². The molecule has 0 heterocycles. The van der Waals surface area contributed by atoms with E-state index in [4.69, 9.17) is 5.11 Å². The molecule has 308 valence electrons. The molecule has 0 saturated carbocycles. The number of rotatable bonds is 18. The Bertz CT molecular complexity index is 2220. The van der Waals surface area contributed by atoms with E-state index in [2.05, 4.69) is 21.3 Å². The minimum Gasteiger partial charge on any atom is -0.478 e. The number of nitrogens with one attached hydrogen (secondary N) is 4. The lowest BCUT2D eigenvalue weighted by atomic mass is 9.88. The van der Waals surface area contributed by atoms with Crippen molar-refractivity contribution in [2.75, 3.05) is 22.9 Å². The third-order valence-electron chi connectivity index (χ3n) is 9.48. The summed E-state index contributed by atoms with van der Waals surface area (Å²) in [5, 5.41) is 31.9. The Kier molecular flexibility index (Phi) is 14.9. The topological polar surface area (TPSA) is 211 Å². The second-order valence-corrected chi connectivity index (χ2v) is 16.4. The highest BCUT2D eigenvalue weighted by molar-refractivity contribution is 7.92. The minimum atomic E-state index is -3.83. The van der Waals surface area contributed by atoms with Crippen LogP contribution in [0.3, 0.4) is 0 Å². The summed E-state index contributed by atoms with van der Waals surface area (Å²) in [6.45, 7) is 5.23. The Hall–Kier alpha value is -6.13. The minimum absolute atomic E-state index is 0.0253. The number of nitrogens with zero attached hydrogens (tertiary/aromatic N) is 1. The van der Waals surface area contributed by atoms with E-state index in [0.29, 0.717) is 16.7 Å². The van der Waals surface area contributed by atoms with Gasteiger partial charge in [-0.05, 0) is 78.4 Å². The molecule has 0 aliphatic heterocycles. The maximum Gasteiger partial charge on any atom is 0.335 e. The predicted molar refractivity (Wildman–Crippen MR) is 217 cm³/mol. The first kappa shape index (κ1) is 44.6. The second-order valence-electron chi connectivity index (χ2n) is 14.4. The highest BCUT2D eigenvalue weighted by atomic mass is 32.2. The van der Waals surface area contributed by atoms with Gasteiger partial charge in [0.25, 0.3) is 11.8 Å². The fraction of sp³-hybridized carbons (Fsp3) is 0.310. The van der Waals surface area contributed by atoms with E-state index in [9.17, 15) is 41.9 Å². The molecule has 6 N–H and O–H groups in total. The molecule has 4 rings (SSSR count). The van der Waals surface area contributed by atoms with E-state index in [1.807, 2.05) is 0 Å². The van der Waals surface area contributed by atoms with Gasteiger partial charge in [-0.25, -0.2) is 17.6 Å². The fourth-order valence-corrected chi connectivity index (χ4v) is 6.42. The van der Waals surface area contributed by atoms with Crippen molar-refractivity contribution in [3.63, 3.8) is 0 Å². The third-order valence-corrected chi connectivity index (χ3v) is 10.7. The molecule has 0 radical (unpaired) electrons. The second kappa shape index (κ2) is 19.3. The first-order valence-corrected chi connectivity index (χ1v) is 20.2. The summed E-state index contributed by atoms with van der Waals surface area (Å²) in [5.74, 6) is -4.57. The molecular weight excluding hydrogens is 770 g/mol. The molecule has 4 aromatic rings. The SMILES string of the molecule is CC(C)[C@H](NC(=O)CCC(O)(Cc1ccccc1)C(=O)Nc1cc(C(=O)N[C@H](C)c2ccc(F)cc2)cc(N(C)S(C)(=O)=O)c1)C(=O)NCc1ccc(C(=O)O)cc1. The molecule has 0 aliphatic rings. The first-order valence-electron chi connectivity index (χ1n) is 18.4. The van der Waals surface area contributed by atoms with Gasteiger partial charge in [-0.15, -0.1) is 0 Å². The van der Waals surface area contributed by atoms with Crippen LogP contribution in [0, 0.1) is 11.7 Å². The number of hydrogen-bond donors (Lipinski definition) is 6. The van der Waals surface area contributed by atoms with Crippen LogP contribution in [0.15, 0.2) is 97.1 Å². The maximum absolute atomic E-state index is 14.1. The van der Waals surface area contributed by atoms with Crippen molar-refractivity contribution >= 4 is 51.0 Å². The number of aromatic carboxylic acids is 1. The number of carbonyl (C=O) groups is 5. The monoisotopic (exact) mass is 817 g/mol. The first-order chi connectivity index (χ1) is 27.2. The highest BCUT2D eigenvalue weighted by Gasteiger charge is 2.37. The number of aliphatic hydroxyl groups is 1. The Morgan fingerprint density at radius 2 is 1.47 bits per heavy atom. The summed E-state index contributed by atoms with van der Waals surface area (Å²) >= 11 is 0. The number of sulfonamides is 1. The van der Waals surface area contributed by atoms with E-state index in [1.54, 1.807) is 63.2 Å². The van der Waals surface area contributed by atoms with Crippen molar-refractivity contribution in [1.29, 1.82) is 0 Å². The van der Waals surface area contributed by atoms with E-state index in [1.165, 1.54) is 61.6 Å². The summed E-state index contributed by atoms with van der Waals surface area (Å²) in [7, 11) is -2.56. The van der Waals surface area contributed by atoms with Crippen LogP contribution in [0.1, 0.15) is 77.1 Å². The zero-order valence-electron chi connectivity index (χ0n) is 32.8. The summed E-state index contributed by atoms with van der Waals surface area (Å²) in [4.78, 5) is 65.2. The van der Waals surface area contributed by atoms with Gasteiger partial charge in [0.1, 0.15) is 17.5 Å². The van der Waals surface area contributed by atoms with Crippen molar-refractivity contribution in [1.82, 2.24) is 16.0 Å². The molecule has 16 heteroatoms. The lowest BCUT2D eigenvalue weighted by molar-refractivity contribution is -0.137. The third kappa shape index (κ3) is 12.4. The molecule has 1 unspecified atom stereocenters. The van der Waals surface area contributed by atoms with Crippen LogP contribution >= 0.6 is 0 Å². The van der Waals surface area contributed by atoms with Gasteiger partial charge in [-0.1, -0.05) is 68.4 Å². The number of carboxylic acids is 1. The molecule has 0 bridgehead atoms. The van der Waals surface area contributed by atoms with E-state index in [-0.39, 0.29) is 47.8 Å². The van der Waals surface area contributed by atoms with Crippen LogP contribution in [0.5, 0.6) is 0 Å². The Labute approximate surface area is 336 Å². The van der Waals surface area contributed by atoms with Crippen LogP contribution in [-0.2, 0) is 37.4 Å². The summed E-state index contributed by atoms with van der Waals surface area (Å²) in [6.07, 6.45) is -0.0381. The quantitative estimate of drug-likeness (QED) is 0.0830. The molecule has 4 amide bonds. The van der Waals surface area contributed by atoms with Crippen LogP contribution in [-0.4, -0.2) is 73.2 Å². The van der Waals surface area contributed by atoms with Gasteiger partial charge in [0, 0.05) is 37.7 Å². The molecular formula is C42H48FN5O9S. The molecule has 58 heavy (non-hydrogen) atoms. The van der Waals surface area contributed by atoms with Gasteiger partial charge in [-0.3, -0.25) is 23.5 Å². The van der Waals surface area contributed by atoms with Gasteiger partial charge in [0.15, 0.2) is 0 Å². The predicted octanol–water partition coefficient (Wildman–Crippen LogP) is 4.56. The number of carbonyl (C=O) groups excluding carboxylic acids is 4. The summed E-state index contributed by atoms with van der Waals surface area (Å²) in [6, 6.07) is 22.5. The highest BCUT2D eigenvalue weighted by Crippen LogP contribution is 2.28. The van der Waals surface area contributed by atoms with E-state index >= 15 is 0 Å². The number of halogens is 1. The van der Waals surface area contributed by atoms with E-state index in [0.717, 1.165) is 10.6 Å². The lowest BCUT2D eigenvalue weighted by Crippen LogP contribution is -2.50. The molecule has 0 aromatic heterocycles. The summed E-state index contributed by atoms with van der Waals surface area (Å²) in [5.41, 5.74) is -0.329. The number of anilines is 2. The average molecular weight is 818 g/mol.